The van der Waals surface area contributed by atoms with Gasteiger partial charge in [-0.2, -0.15) is 0 Å². The number of nitrogens with one attached hydrogen (secondary N) is 1. The van der Waals surface area contributed by atoms with Crippen LogP contribution in [0.1, 0.15) is 30.9 Å². The van der Waals surface area contributed by atoms with E-state index in [0.717, 1.165) is 17.7 Å². The first-order valence-corrected chi connectivity index (χ1v) is 10.2. The number of barbiturate groups is 1. The Kier molecular flexibility index (Phi) is 6.97. The first-order chi connectivity index (χ1) is 14.9. The minimum absolute atomic E-state index is 0.180. The van der Waals surface area contributed by atoms with E-state index in [1.165, 1.54) is 13.2 Å². The number of benzene rings is 2. The van der Waals surface area contributed by atoms with Crippen LogP contribution in [-0.4, -0.2) is 31.6 Å². The number of hydrogen-bond donors (Lipinski definition) is 1. The number of rotatable bonds is 7. The third kappa shape index (κ3) is 4.72. The second-order valence-electron chi connectivity index (χ2n) is 6.95. The molecule has 162 valence electrons. The lowest BCUT2D eigenvalue weighted by Crippen LogP contribution is -2.54. The summed E-state index contributed by atoms with van der Waals surface area (Å²) in [6, 6.07) is 9.16. The number of hydrogen-bond acceptors (Lipinski definition) is 5. The van der Waals surface area contributed by atoms with Gasteiger partial charge in [0.05, 0.1) is 19.4 Å². The standard InChI is InChI=1S/C23H23ClN2O5/c1-4-5-11-31-19-10-9-15(13-20(19)30-3)12-16-21(27)25-23(29)26(22(16)28)18-8-6-7-17(24)14(18)2/h6-10,12-13H,4-5,11H2,1-3H3,(H,25,27,29)/b16-12-. The summed E-state index contributed by atoms with van der Waals surface area (Å²) in [5, 5.41) is 2.62. The molecule has 0 radical (unpaired) electrons. The fourth-order valence-corrected chi connectivity index (χ4v) is 3.27. The lowest BCUT2D eigenvalue weighted by Gasteiger charge is -2.27. The number of amides is 4. The van der Waals surface area contributed by atoms with Crippen LogP contribution in [-0.2, 0) is 9.59 Å². The van der Waals surface area contributed by atoms with Gasteiger partial charge in [0.2, 0.25) is 0 Å². The van der Waals surface area contributed by atoms with E-state index >= 15 is 0 Å². The maximum atomic E-state index is 13.1. The zero-order chi connectivity index (χ0) is 22.5. The summed E-state index contributed by atoms with van der Waals surface area (Å²) in [7, 11) is 1.51. The highest BCUT2D eigenvalue weighted by molar-refractivity contribution is 6.39. The molecule has 0 atom stereocenters. The molecule has 1 aliphatic rings. The lowest BCUT2D eigenvalue weighted by atomic mass is 10.1. The molecule has 1 fully saturated rings. The third-order valence-corrected chi connectivity index (χ3v) is 5.25. The predicted octanol–water partition coefficient (Wildman–Crippen LogP) is 4.50. The number of halogens is 1. The second kappa shape index (κ2) is 9.66. The Labute approximate surface area is 185 Å². The Bertz CT molecular complexity index is 1060. The van der Waals surface area contributed by atoms with Gasteiger partial charge in [-0.3, -0.25) is 14.9 Å². The molecule has 4 amide bonds. The Morgan fingerprint density at radius 2 is 1.90 bits per heavy atom. The summed E-state index contributed by atoms with van der Waals surface area (Å²) >= 11 is 6.14. The molecule has 1 heterocycles. The van der Waals surface area contributed by atoms with Crippen molar-refractivity contribution in [1.29, 1.82) is 0 Å². The highest BCUT2D eigenvalue weighted by Gasteiger charge is 2.37. The molecule has 0 unspecified atom stereocenters. The van der Waals surface area contributed by atoms with Crippen LogP contribution in [0.5, 0.6) is 11.5 Å². The normalized spacial score (nSPS) is 15.3. The Balaban J connectivity index is 1.95. The first kappa shape index (κ1) is 22.4. The van der Waals surface area contributed by atoms with Gasteiger partial charge in [0, 0.05) is 5.02 Å². The van der Waals surface area contributed by atoms with Gasteiger partial charge in [-0.1, -0.05) is 37.1 Å². The van der Waals surface area contributed by atoms with Crippen molar-refractivity contribution in [3.8, 4) is 11.5 Å². The molecule has 0 bridgehead atoms. The number of methoxy groups -OCH3 is 1. The van der Waals surface area contributed by atoms with Crippen LogP contribution in [0.2, 0.25) is 5.02 Å². The van der Waals surface area contributed by atoms with Crippen molar-refractivity contribution >= 4 is 41.2 Å². The summed E-state index contributed by atoms with van der Waals surface area (Å²) in [6.07, 6.45) is 3.33. The molecule has 1 saturated heterocycles. The fraction of sp³-hybridized carbons (Fsp3) is 0.261. The van der Waals surface area contributed by atoms with Crippen molar-refractivity contribution < 1.29 is 23.9 Å². The molecule has 1 N–H and O–H groups in total. The average molecular weight is 443 g/mol. The number of anilines is 1. The van der Waals surface area contributed by atoms with Crippen LogP contribution >= 0.6 is 11.6 Å². The molecule has 0 spiro atoms. The maximum Gasteiger partial charge on any atom is 0.335 e. The molecule has 7 nitrogen and oxygen atoms in total. The Morgan fingerprint density at radius 3 is 2.61 bits per heavy atom. The van der Waals surface area contributed by atoms with E-state index in [2.05, 4.69) is 12.2 Å². The van der Waals surface area contributed by atoms with Gasteiger partial charge in [-0.15, -0.1) is 0 Å². The Hall–Kier alpha value is -3.32. The molecule has 3 rings (SSSR count). The monoisotopic (exact) mass is 442 g/mol. The number of urea groups is 1. The SMILES string of the molecule is CCCCOc1ccc(/C=C2/C(=O)NC(=O)N(c3cccc(Cl)c3C)C2=O)cc1OC. The van der Waals surface area contributed by atoms with Crippen molar-refractivity contribution in [1.82, 2.24) is 5.32 Å². The van der Waals surface area contributed by atoms with Crippen molar-refractivity contribution in [3.63, 3.8) is 0 Å². The van der Waals surface area contributed by atoms with Crippen molar-refractivity contribution in [3.05, 3.63) is 58.1 Å². The van der Waals surface area contributed by atoms with Crippen LogP contribution in [0.25, 0.3) is 6.08 Å². The summed E-state index contributed by atoms with van der Waals surface area (Å²) in [4.78, 5) is 38.8. The van der Waals surface area contributed by atoms with Crippen LogP contribution in [0.4, 0.5) is 10.5 Å². The molecule has 0 aromatic heterocycles. The van der Waals surface area contributed by atoms with Gasteiger partial charge in [-0.05, 0) is 54.8 Å². The molecule has 1 aliphatic heterocycles. The smallest absolute Gasteiger partial charge is 0.335 e. The zero-order valence-corrected chi connectivity index (χ0v) is 18.3. The van der Waals surface area contributed by atoms with E-state index in [1.807, 2.05) is 0 Å². The summed E-state index contributed by atoms with van der Waals surface area (Å²) in [6.45, 7) is 4.32. The van der Waals surface area contributed by atoms with Crippen LogP contribution < -0.4 is 19.7 Å². The minimum atomic E-state index is -0.824. The summed E-state index contributed by atoms with van der Waals surface area (Å²) < 4.78 is 11.1. The molecule has 2 aromatic carbocycles. The first-order valence-electron chi connectivity index (χ1n) is 9.84. The van der Waals surface area contributed by atoms with Crippen LogP contribution in [0.15, 0.2) is 42.0 Å². The van der Waals surface area contributed by atoms with Crippen molar-refractivity contribution in [2.45, 2.75) is 26.7 Å². The van der Waals surface area contributed by atoms with Gasteiger partial charge >= 0.3 is 6.03 Å². The molecule has 8 heteroatoms. The quantitative estimate of drug-likeness (QED) is 0.387. The summed E-state index contributed by atoms with van der Waals surface area (Å²) in [5.41, 5.74) is 1.23. The maximum absolute atomic E-state index is 13.1. The topological polar surface area (TPSA) is 84.9 Å². The van der Waals surface area contributed by atoms with E-state index in [1.54, 1.807) is 43.3 Å². The highest BCUT2D eigenvalue weighted by atomic mass is 35.5. The second-order valence-corrected chi connectivity index (χ2v) is 7.36. The fourth-order valence-electron chi connectivity index (χ4n) is 3.10. The van der Waals surface area contributed by atoms with Crippen LogP contribution in [0, 0.1) is 6.92 Å². The van der Waals surface area contributed by atoms with Gasteiger partial charge in [0.25, 0.3) is 11.8 Å². The van der Waals surface area contributed by atoms with E-state index < -0.39 is 17.8 Å². The molecule has 0 aliphatic carbocycles. The number of carbonyl (C=O) groups is 3. The molecular weight excluding hydrogens is 420 g/mol. The van der Waals surface area contributed by atoms with E-state index in [4.69, 9.17) is 21.1 Å². The Morgan fingerprint density at radius 1 is 1.13 bits per heavy atom. The average Bonchev–Trinajstić information content (AvgIpc) is 2.74. The predicted molar refractivity (Wildman–Crippen MR) is 119 cm³/mol. The number of carbonyl (C=O) groups excluding carboxylic acids is 3. The largest absolute Gasteiger partial charge is 0.493 e. The number of ether oxygens (including phenoxy) is 2. The molecular formula is C23H23ClN2O5. The van der Waals surface area contributed by atoms with Crippen LogP contribution in [0.3, 0.4) is 0 Å². The van der Waals surface area contributed by atoms with Gasteiger partial charge in [-0.25, -0.2) is 9.69 Å². The zero-order valence-electron chi connectivity index (χ0n) is 17.5. The molecule has 0 saturated carbocycles. The van der Waals surface area contributed by atoms with Crippen molar-refractivity contribution in [2.75, 3.05) is 18.6 Å². The van der Waals surface area contributed by atoms with Gasteiger partial charge < -0.3 is 9.47 Å². The lowest BCUT2D eigenvalue weighted by molar-refractivity contribution is -0.122. The number of imide groups is 2. The van der Waals surface area contributed by atoms with Crippen molar-refractivity contribution in [2.24, 2.45) is 0 Å². The van der Waals surface area contributed by atoms with Gasteiger partial charge in [0.1, 0.15) is 5.57 Å². The minimum Gasteiger partial charge on any atom is -0.493 e. The van der Waals surface area contributed by atoms with E-state index in [-0.39, 0.29) is 5.57 Å². The number of nitrogens with zero attached hydrogens (tertiary/aromatic N) is 1. The highest BCUT2D eigenvalue weighted by Crippen LogP contribution is 2.31. The third-order valence-electron chi connectivity index (χ3n) is 4.84. The molecule has 31 heavy (non-hydrogen) atoms. The van der Waals surface area contributed by atoms with E-state index in [0.29, 0.717) is 39.9 Å². The number of unbranched alkanes of at least 4 members (excludes halogenated alkanes) is 1. The van der Waals surface area contributed by atoms with Gasteiger partial charge in [0.15, 0.2) is 11.5 Å². The summed E-state index contributed by atoms with van der Waals surface area (Å²) in [5.74, 6) is -0.453. The van der Waals surface area contributed by atoms with E-state index in [9.17, 15) is 14.4 Å². The molecule has 2 aromatic rings.